The summed E-state index contributed by atoms with van der Waals surface area (Å²) in [6.45, 7) is 5.66. The zero-order valence-corrected chi connectivity index (χ0v) is 21.1. The molecule has 0 fully saturated rings. The van der Waals surface area contributed by atoms with Crippen LogP contribution in [0.3, 0.4) is 0 Å². The fourth-order valence-electron chi connectivity index (χ4n) is 3.77. The summed E-state index contributed by atoms with van der Waals surface area (Å²) in [7, 11) is 0. The maximum atomic E-state index is 12.9. The molecule has 5 nitrogen and oxygen atoms in total. The summed E-state index contributed by atoms with van der Waals surface area (Å²) in [6.07, 6.45) is 7.59. The van der Waals surface area contributed by atoms with Gasteiger partial charge in [-0.3, -0.25) is 4.79 Å². The minimum absolute atomic E-state index is 0.102. The second kappa shape index (κ2) is 11.4. The van der Waals surface area contributed by atoms with Gasteiger partial charge in [-0.15, -0.1) is 0 Å². The summed E-state index contributed by atoms with van der Waals surface area (Å²) >= 11 is 1.61. The van der Waals surface area contributed by atoms with Crippen molar-refractivity contribution in [2.45, 2.75) is 56.2 Å². The van der Waals surface area contributed by atoms with Crippen molar-refractivity contribution in [3.05, 3.63) is 88.9 Å². The van der Waals surface area contributed by atoms with Gasteiger partial charge >= 0.3 is 5.97 Å². The highest BCUT2D eigenvalue weighted by Gasteiger charge is 2.18. The molecule has 0 saturated heterocycles. The van der Waals surface area contributed by atoms with Gasteiger partial charge in [-0.25, -0.2) is 4.79 Å². The molecular weight excluding hydrogens is 458 g/mol. The van der Waals surface area contributed by atoms with Crippen LogP contribution in [0.2, 0.25) is 0 Å². The highest BCUT2D eigenvalue weighted by atomic mass is 32.2. The molecule has 1 aliphatic carbocycles. The van der Waals surface area contributed by atoms with Crippen LogP contribution < -0.4 is 0 Å². The third-order valence-corrected chi connectivity index (χ3v) is 6.70. The summed E-state index contributed by atoms with van der Waals surface area (Å²) in [5, 5.41) is 4.07. The molecule has 35 heavy (non-hydrogen) atoms. The van der Waals surface area contributed by atoms with E-state index in [1.165, 1.54) is 6.92 Å². The summed E-state index contributed by atoms with van der Waals surface area (Å²) in [5.74, 6) is 1.27. The first kappa shape index (κ1) is 24.7. The number of hydrogen-bond donors (Lipinski definition) is 0. The third-order valence-electron chi connectivity index (χ3n) is 5.68. The van der Waals surface area contributed by atoms with E-state index in [2.05, 4.69) is 25.1 Å². The van der Waals surface area contributed by atoms with Crippen LogP contribution >= 0.6 is 11.8 Å². The van der Waals surface area contributed by atoms with Gasteiger partial charge in [-0.2, -0.15) is 0 Å². The Morgan fingerprint density at radius 3 is 2.29 bits per heavy atom. The molecule has 1 heterocycles. The number of ketones is 1. The molecule has 6 heteroatoms. The Hall–Kier alpha value is -3.38. The first-order valence-electron chi connectivity index (χ1n) is 11.9. The zero-order valence-electron chi connectivity index (χ0n) is 20.2. The smallest absolute Gasteiger partial charge is 0.331 e. The maximum Gasteiger partial charge on any atom is 0.331 e. The Morgan fingerprint density at radius 2 is 1.69 bits per heavy atom. The van der Waals surface area contributed by atoms with Crippen LogP contribution in [-0.4, -0.2) is 17.5 Å². The number of fused-ring (bicyclic) bond motifs is 1. The molecule has 2 aromatic carbocycles. The van der Waals surface area contributed by atoms with Crippen LogP contribution in [0, 0.1) is 5.92 Å². The quantitative estimate of drug-likeness (QED) is 0.137. The van der Waals surface area contributed by atoms with Gasteiger partial charge in [0.1, 0.15) is 5.76 Å². The average Bonchev–Trinajstić information content (AvgIpc) is 3.29. The Morgan fingerprint density at radius 1 is 1.03 bits per heavy atom. The fraction of sp³-hybridized carbons (Fsp3) is 0.276. The second-order valence-electron chi connectivity index (χ2n) is 8.96. The van der Waals surface area contributed by atoms with Gasteiger partial charge < -0.3 is 9.25 Å². The third kappa shape index (κ3) is 6.61. The molecule has 1 aliphatic rings. The van der Waals surface area contributed by atoms with Crippen LogP contribution in [0.5, 0.6) is 0 Å². The van der Waals surface area contributed by atoms with Gasteiger partial charge in [0.25, 0.3) is 0 Å². The van der Waals surface area contributed by atoms with Crippen molar-refractivity contribution in [2.24, 2.45) is 11.1 Å². The molecule has 4 rings (SSSR count). The molecular formula is C29H29NO4S. The lowest BCUT2D eigenvalue weighted by Crippen LogP contribution is -2.06. The first-order chi connectivity index (χ1) is 16.9. The normalized spacial score (nSPS) is 13.1. The molecule has 1 aromatic heterocycles. The van der Waals surface area contributed by atoms with Crippen molar-refractivity contribution in [1.29, 1.82) is 0 Å². The van der Waals surface area contributed by atoms with E-state index in [1.54, 1.807) is 11.8 Å². The minimum Gasteiger partial charge on any atom is -0.457 e. The van der Waals surface area contributed by atoms with E-state index in [-0.39, 0.29) is 5.78 Å². The molecule has 180 valence electrons. The van der Waals surface area contributed by atoms with Gasteiger partial charge in [0, 0.05) is 34.3 Å². The van der Waals surface area contributed by atoms with Gasteiger partial charge in [0.15, 0.2) is 5.76 Å². The molecule has 0 saturated carbocycles. The number of rotatable bonds is 9. The number of nitrogens with zero attached hydrogens (tertiary/aromatic N) is 1. The summed E-state index contributed by atoms with van der Waals surface area (Å²) in [5.41, 5.74) is 3.31. The lowest BCUT2D eigenvalue weighted by Gasteiger charge is -2.09. The molecule has 0 N–H and O–H groups in total. The molecule has 0 unspecified atom stereocenters. The fourth-order valence-corrected chi connectivity index (χ4v) is 4.59. The Balaban J connectivity index is 1.42. The lowest BCUT2D eigenvalue weighted by atomic mass is 10.0. The molecule has 3 aromatic rings. The van der Waals surface area contributed by atoms with Crippen molar-refractivity contribution in [2.75, 3.05) is 0 Å². The van der Waals surface area contributed by atoms with Crippen molar-refractivity contribution >= 4 is 35.3 Å². The lowest BCUT2D eigenvalue weighted by molar-refractivity contribution is -0.140. The number of carbonyl (C=O) groups is 2. The van der Waals surface area contributed by atoms with Crippen LogP contribution in [0.4, 0.5) is 0 Å². The standard InChI is InChI=1S/C29H29NO4S/c1-19(2)8-17-26(30-34-20(3)31)21-9-13-24(14-10-21)35-25-15-11-22(12-16-25)29(32)28-18-23-6-4-5-7-27(23)33-28/h4,6,9-16,18-19H,5,7-8,17H2,1-3H3/b30-26+. The number of aryl methyl sites for hydroxylation is 1. The molecule has 0 spiro atoms. The van der Waals surface area contributed by atoms with Crippen LogP contribution in [0.1, 0.15) is 73.0 Å². The van der Waals surface area contributed by atoms with Crippen LogP contribution in [0.15, 0.2) is 80.0 Å². The van der Waals surface area contributed by atoms with E-state index < -0.39 is 5.97 Å². The molecule has 0 bridgehead atoms. The average molecular weight is 488 g/mol. The van der Waals surface area contributed by atoms with E-state index in [0.717, 1.165) is 58.1 Å². The van der Waals surface area contributed by atoms with Crippen molar-refractivity contribution < 1.29 is 18.8 Å². The van der Waals surface area contributed by atoms with Crippen molar-refractivity contribution in [3.63, 3.8) is 0 Å². The van der Waals surface area contributed by atoms with Gasteiger partial charge in [0.2, 0.25) is 5.78 Å². The highest BCUT2D eigenvalue weighted by molar-refractivity contribution is 7.99. The summed E-state index contributed by atoms with van der Waals surface area (Å²) in [6, 6.07) is 17.5. The largest absolute Gasteiger partial charge is 0.457 e. The van der Waals surface area contributed by atoms with E-state index in [1.807, 2.05) is 60.7 Å². The highest BCUT2D eigenvalue weighted by Crippen LogP contribution is 2.30. The van der Waals surface area contributed by atoms with Crippen LogP contribution in [-0.2, 0) is 16.1 Å². The number of carbonyl (C=O) groups excluding carboxylic acids is 2. The SMILES string of the molecule is CC(=O)O/N=C(\CCC(C)C)c1ccc(Sc2ccc(C(=O)c3cc4c(o3)CCC=C4)cc2)cc1. The van der Waals surface area contributed by atoms with E-state index >= 15 is 0 Å². The number of hydrogen-bond acceptors (Lipinski definition) is 6. The number of allylic oxidation sites excluding steroid dienone is 1. The first-order valence-corrected chi connectivity index (χ1v) is 12.7. The summed E-state index contributed by atoms with van der Waals surface area (Å²) in [4.78, 5) is 31.1. The van der Waals surface area contributed by atoms with Gasteiger partial charge in [-0.05, 0) is 73.2 Å². The monoisotopic (exact) mass is 487 g/mol. The Bertz CT molecular complexity index is 1250. The minimum atomic E-state index is -0.426. The molecule has 0 radical (unpaired) electrons. The molecule has 0 atom stereocenters. The van der Waals surface area contributed by atoms with Gasteiger partial charge in [0.05, 0.1) is 5.71 Å². The summed E-state index contributed by atoms with van der Waals surface area (Å²) < 4.78 is 5.80. The van der Waals surface area contributed by atoms with Crippen molar-refractivity contribution in [3.8, 4) is 0 Å². The second-order valence-corrected chi connectivity index (χ2v) is 10.1. The number of benzene rings is 2. The predicted molar refractivity (Wildman–Crippen MR) is 139 cm³/mol. The van der Waals surface area contributed by atoms with Crippen molar-refractivity contribution in [1.82, 2.24) is 0 Å². The topological polar surface area (TPSA) is 68.9 Å². The molecule has 0 aliphatic heterocycles. The van der Waals surface area contributed by atoms with E-state index in [9.17, 15) is 9.59 Å². The number of oxime groups is 1. The zero-order chi connectivity index (χ0) is 24.8. The Labute approximate surface area is 210 Å². The number of furan rings is 1. The maximum absolute atomic E-state index is 12.9. The van der Waals surface area contributed by atoms with Crippen LogP contribution in [0.25, 0.3) is 6.08 Å². The van der Waals surface area contributed by atoms with Gasteiger partial charge in [-0.1, -0.05) is 55.0 Å². The predicted octanol–water partition coefficient (Wildman–Crippen LogP) is 7.32. The molecule has 0 amide bonds. The van der Waals surface area contributed by atoms with E-state index in [0.29, 0.717) is 17.2 Å². The Kier molecular flexibility index (Phi) is 8.03. The van der Waals surface area contributed by atoms with E-state index in [4.69, 9.17) is 9.25 Å².